The van der Waals surface area contributed by atoms with Crippen LogP contribution >= 0.6 is 23.2 Å². The molecule has 2 aromatic rings. The summed E-state index contributed by atoms with van der Waals surface area (Å²) in [5, 5.41) is 6.21. The highest BCUT2D eigenvalue weighted by molar-refractivity contribution is 6.35. The summed E-state index contributed by atoms with van der Waals surface area (Å²) in [5.41, 5.74) is 1.77. The van der Waals surface area contributed by atoms with Gasteiger partial charge in [0.2, 0.25) is 5.91 Å². The van der Waals surface area contributed by atoms with E-state index in [4.69, 9.17) is 23.2 Å². The number of nitrogens with one attached hydrogen (secondary N) is 2. The topological polar surface area (TPSA) is 78.5 Å². The maximum Gasteiger partial charge on any atom is 0.325 e. The summed E-state index contributed by atoms with van der Waals surface area (Å²) in [6.45, 7) is 5.17. The second-order valence-corrected chi connectivity index (χ2v) is 8.12. The summed E-state index contributed by atoms with van der Waals surface area (Å²) in [6, 6.07) is 9.89. The fourth-order valence-corrected chi connectivity index (χ4v) is 4.24. The third kappa shape index (κ3) is 4.02. The van der Waals surface area contributed by atoms with Crippen LogP contribution in [-0.4, -0.2) is 29.3 Å². The zero-order valence-corrected chi connectivity index (χ0v) is 18.5. The summed E-state index contributed by atoms with van der Waals surface area (Å²) in [7, 11) is 0. The predicted octanol–water partition coefficient (Wildman–Crippen LogP) is 4.52. The molecular formula is C22H23Cl2N3O3. The van der Waals surface area contributed by atoms with E-state index in [0.717, 1.165) is 34.6 Å². The number of para-hydroxylation sites is 1. The molecule has 2 aromatic carbocycles. The first-order chi connectivity index (χ1) is 14.2. The molecule has 1 aliphatic heterocycles. The van der Waals surface area contributed by atoms with Crippen LogP contribution in [0.3, 0.4) is 0 Å². The molecule has 1 unspecified atom stereocenters. The Labute approximate surface area is 185 Å². The van der Waals surface area contributed by atoms with E-state index in [-0.39, 0.29) is 5.02 Å². The van der Waals surface area contributed by atoms with Gasteiger partial charge in [-0.1, -0.05) is 61.3 Å². The number of imide groups is 1. The van der Waals surface area contributed by atoms with E-state index in [9.17, 15) is 14.4 Å². The second-order valence-electron chi connectivity index (χ2n) is 7.28. The Morgan fingerprint density at radius 3 is 2.30 bits per heavy atom. The first kappa shape index (κ1) is 22.1. The average Bonchev–Trinajstić information content (AvgIpc) is 2.91. The lowest BCUT2D eigenvalue weighted by Gasteiger charge is -2.23. The van der Waals surface area contributed by atoms with E-state index >= 15 is 0 Å². The van der Waals surface area contributed by atoms with Crippen molar-refractivity contribution in [3.8, 4) is 0 Å². The monoisotopic (exact) mass is 447 g/mol. The number of rotatable bonds is 6. The molecule has 1 fully saturated rings. The Bertz CT molecular complexity index is 1000. The van der Waals surface area contributed by atoms with Crippen molar-refractivity contribution >= 4 is 46.7 Å². The van der Waals surface area contributed by atoms with E-state index < -0.39 is 29.9 Å². The Balaban J connectivity index is 1.82. The minimum Gasteiger partial charge on any atom is -0.324 e. The van der Waals surface area contributed by atoms with Gasteiger partial charge >= 0.3 is 6.03 Å². The van der Waals surface area contributed by atoms with Crippen molar-refractivity contribution in [2.24, 2.45) is 0 Å². The summed E-state index contributed by atoms with van der Waals surface area (Å²) in [4.78, 5) is 39.2. The largest absolute Gasteiger partial charge is 0.325 e. The SMILES string of the molecule is CCc1cccc(CC)c1NC(=O)CN1C(=O)NC(C)(c2ccc(Cl)cc2Cl)C1=O. The van der Waals surface area contributed by atoms with Crippen LogP contribution in [0.2, 0.25) is 10.0 Å². The van der Waals surface area contributed by atoms with E-state index in [0.29, 0.717) is 10.6 Å². The lowest BCUT2D eigenvalue weighted by atomic mass is 9.92. The van der Waals surface area contributed by atoms with Crippen LogP contribution in [0.4, 0.5) is 10.5 Å². The van der Waals surface area contributed by atoms with Crippen LogP contribution in [0.15, 0.2) is 36.4 Å². The number of nitrogens with zero attached hydrogens (tertiary/aromatic N) is 1. The number of hydrogen-bond acceptors (Lipinski definition) is 3. The first-order valence-electron chi connectivity index (χ1n) is 9.71. The van der Waals surface area contributed by atoms with E-state index in [1.165, 1.54) is 6.07 Å². The first-order valence-corrected chi connectivity index (χ1v) is 10.5. The Morgan fingerprint density at radius 1 is 1.10 bits per heavy atom. The van der Waals surface area contributed by atoms with Crippen molar-refractivity contribution in [3.05, 3.63) is 63.1 Å². The molecule has 6 nitrogen and oxygen atoms in total. The number of aryl methyl sites for hydroxylation is 2. The van der Waals surface area contributed by atoms with Crippen molar-refractivity contribution < 1.29 is 14.4 Å². The molecule has 158 valence electrons. The van der Waals surface area contributed by atoms with Crippen LogP contribution in [-0.2, 0) is 28.0 Å². The van der Waals surface area contributed by atoms with Crippen LogP contribution in [0.25, 0.3) is 0 Å². The van der Waals surface area contributed by atoms with Crippen LogP contribution in [0.1, 0.15) is 37.5 Å². The highest BCUT2D eigenvalue weighted by Crippen LogP contribution is 2.35. The maximum absolute atomic E-state index is 13.1. The summed E-state index contributed by atoms with van der Waals surface area (Å²) in [6.07, 6.45) is 1.50. The van der Waals surface area contributed by atoms with Gasteiger partial charge in [0.25, 0.3) is 5.91 Å². The zero-order chi connectivity index (χ0) is 22.1. The summed E-state index contributed by atoms with van der Waals surface area (Å²) in [5.74, 6) is -0.994. The van der Waals surface area contributed by atoms with Crippen molar-refractivity contribution in [2.45, 2.75) is 39.2 Å². The van der Waals surface area contributed by atoms with Gasteiger partial charge in [0, 0.05) is 21.3 Å². The number of anilines is 1. The Kier molecular flexibility index (Phi) is 6.38. The molecule has 0 spiro atoms. The molecule has 0 aliphatic carbocycles. The van der Waals surface area contributed by atoms with Crippen LogP contribution in [0.5, 0.6) is 0 Å². The molecule has 30 heavy (non-hydrogen) atoms. The molecule has 8 heteroatoms. The second kappa shape index (κ2) is 8.66. The molecular weight excluding hydrogens is 425 g/mol. The fraction of sp³-hybridized carbons (Fsp3) is 0.318. The molecule has 1 aliphatic rings. The average molecular weight is 448 g/mol. The van der Waals surface area contributed by atoms with Gasteiger partial charge in [-0.15, -0.1) is 0 Å². The summed E-state index contributed by atoms with van der Waals surface area (Å²) >= 11 is 12.2. The Morgan fingerprint density at radius 2 is 1.73 bits per heavy atom. The molecule has 3 rings (SSSR count). The van der Waals surface area contributed by atoms with Gasteiger partial charge < -0.3 is 10.6 Å². The number of urea groups is 1. The number of amides is 4. The molecule has 1 saturated heterocycles. The number of benzene rings is 2. The van der Waals surface area contributed by atoms with Crippen molar-refractivity contribution in [1.29, 1.82) is 0 Å². The maximum atomic E-state index is 13.1. The van der Waals surface area contributed by atoms with Crippen molar-refractivity contribution in [1.82, 2.24) is 10.2 Å². The fourth-order valence-electron chi connectivity index (χ4n) is 3.64. The molecule has 0 aromatic heterocycles. The van der Waals surface area contributed by atoms with Gasteiger partial charge in [-0.3, -0.25) is 14.5 Å². The minimum atomic E-state index is -1.38. The summed E-state index contributed by atoms with van der Waals surface area (Å²) < 4.78 is 0. The van der Waals surface area contributed by atoms with Gasteiger partial charge in [-0.2, -0.15) is 0 Å². The van der Waals surface area contributed by atoms with Gasteiger partial charge in [-0.05, 0) is 43.0 Å². The number of halogens is 2. The predicted molar refractivity (Wildman–Crippen MR) is 118 cm³/mol. The lowest BCUT2D eigenvalue weighted by Crippen LogP contribution is -2.42. The van der Waals surface area contributed by atoms with Gasteiger partial charge in [0.1, 0.15) is 12.1 Å². The lowest BCUT2D eigenvalue weighted by molar-refractivity contribution is -0.133. The molecule has 0 saturated carbocycles. The van der Waals surface area contributed by atoms with E-state index in [1.807, 2.05) is 32.0 Å². The zero-order valence-electron chi connectivity index (χ0n) is 17.0. The third-order valence-electron chi connectivity index (χ3n) is 5.31. The van der Waals surface area contributed by atoms with Gasteiger partial charge in [-0.25, -0.2) is 4.79 Å². The molecule has 2 N–H and O–H groups in total. The highest BCUT2D eigenvalue weighted by atomic mass is 35.5. The number of hydrogen-bond donors (Lipinski definition) is 2. The standard InChI is InChI=1S/C22H23Cl2N3O3/c1-4-13-7-6-8-14(5-2)19(13)25-18(28)12-27-20(29)22(3,26-21(27)30)16-10-9-15(23)11-17(16)24/h6-11H,4-5,12H2,1-3H3,(H,25,28)(H,26,30). The molecule has 1 atom stereocenters. The third-order valence-corrected chi connectivity index (χ3v) is 5.86. The van der Waals surface area contributed by atoms with Crippen molar-refractivity contribution in [3.63, 3.8) is 0 Å². The van der Waals surface area contributed by atoms with Crippen molar-refractivity contribution in [2.75, 3.05) is 11.9 Å². The van der Waals surface area contributed by atoms with Crippen LogP contribution < -0.4 is 10.6 Å². The van der Waals surface area contributed by atoms with Gasteiger partial charge in [0.05, 0.1) is 0 Å². The minimum absolute atomic E-state index is 0.259. The molecule has 1 heterocycles. The molecule has 0 bridgehead atoms. The number of carbonyl (C=O) groups is 3. The highest BCUT2D eigenvalue weighted by Gasteiger charge is 2.50. The van der Waals surface area contributed by atoms with E-state index in [2.05, 4.69) is 10.6 Å². The quantitative estimate of drug-likeness (QED) is 0.638. The Hall–Kier alpha value is -2.57. The number of carbonyl (C=O) groups excluding carboxylic acids is 3. The molecule has 4 amide bonds. The van der Waals surface area contributed by atoms with Gasteiger partial charge in [0.15, 0.2) is 0 Å². The smallest absolute Gasteiger partial charge is 0.324 e. The van der Waals surface area contributed by atoms with E-state index in [1.54, 1.807) is 19.1 Å². The molecule has 0 radical (unpaired) electrons. The van der Waals surface area contributed by atoms with Crippen LogP contribution in [0, 0.1) is 0 Å². The normalized spacial score (nSPS) is 18.5.